The first-order valence-corrected chi connectivity index (χ1v) is 13.7. The Morgan fingerprint density at radius 3 is 1.36 bits per heavy atom. The van der Waals surface area contributed by atoms with Crippen LogP contribution in [0.15, 0.2) is 78.1 Å². The summed E-state index contributed by atoms with van der Waals surface area (Å²) in [5, 5.41) is 62.2. The molecule has 0 aromatic heterocycles. The van der Waals surface area contributed by atoms with Crippen molar-refractivity contribution in [1.82, 2.24) is 0 Å². The molecule has 0 amide bonds. The molecule has 3 aromatic rings. The molecule has 3 atom stereocenters. The molecular formula is C27H30Br3N2NaO11. The van der Waals surface area contributed by atoms with Gasteiger partial charge in [0.25, 0.3) is 0 Å². The van der Waals surface area contributed by atoms with Crippen molar-refractivity contribution in [2.45, 2.75) is 29.6 Å². The summed E-state index contributed by atoms with van der Waals surface area (Å²) in [4.78, 5) is 39.0. The van der Waals surface area contributed by atoms with Crippen LogP contribution in [0.1, 0.15) is 22.6 Å². The SMILES string of the molecule is Br.NC(Cc1ccc(O)cc1)C(=O)O.O=C(O)C(Br)Cc1ccc(O)cc1.O=C(O)C(CBr)c1ccc(O)cc1.O=N[O-].[Na+]. The number of carboxylic acids is 3. The molecule has 8 N–H and O–H groups in total. The van der Waals surface area contributed by atoms with Crippen molar-refractivity contribution in [3.05, 3.63) is 99.6 Å². The first kappa shape index (κ1) is 45.7. The Hall–Kier alpha value is -2.73. The second-order valence-electron chi connectivity index (χ2n) is 8.20. The maximum Gasteiger partial charge on any atom is 1.00 e. The van der Waals surface area contributed by atoms with Crippen molar-refractivity contribution in [2.75, 3.05) is 5.33 Å². The Labute approximate surface area is 302 Å². The molecule has 0 saturated heterocycles. The van der Waals surface area contributed by atoms with Gasteiger partial charge in [-0.15, -0.1) is 22.3 Å². The number of nitrogens with zero attached hydrogens (tertiary/aromatic N) is 1. The molecule has 0 spiro atoms. The van der Waals surface area contributed by atoms with E-state index in [9.17, 15) is 14.4 Å². The van der Waals surface area contributed by atoms with E-state index in [0.717, 1.165) is 16.5 Å². The van der Waals surface area contributed by atoms with E-state index in [1.807, 2.05) is 0 Å². The molecule has 13 nitrogen and oxygen atoms in total. The van der Waals surface area contributed by atoms with E-state index in [2.05, 4.69) is 31.9 Å². The van der Waals surface area contributed by atoms with E-state index in [1.54, 1.807) is 36.4 Å². The summed E-state index contributed by atoms with van der Waals surface area (Å²) in [6.07, 6.45) is 0.686. The molecule has 0 radical (unpaired) electrons. The van der Waals surface area contributed by atoms with E-state index in [-0.39, 0.29) is 70.2 Å². The van der Waals surface area contributed by atoms with Gasteiger partial charge in [-0.3, -0.25) is 14.4 Å². The first-order valence-electron chi connectivity index (χ1n) is 11.7. The predicted octanol–water partition coefficient (Wildman–Crippen LogP) is 1.92. The number of hydrogen-bond donors (Lipinski definition) is 7. The van der Waals surface area contributed by atoms with Gasteiger partial charge in [-0.1, -0.05) is 68.3 Å². The quantitative estimate of drug-likeness (QED) is 0.0708. The zero-order valence-electron chi connectivity index (χ0n) is 23.2. The first-order chi connectivity index (χ1) is 19.7. The van der Waals surface area contributed by atoms with Gasteiger partial charge < -0.3 is 46.5 Å². The van der Waals surface area contributed by atoms with Crippen molar-refractivity contribution < 1.29 is 74.6 Å². The number of carbonyl (C=O) groups is 3. The molecular weight excluding hydrogens is 791 g/mol. The van der Waals surface area contributed by atoms with E-state index < -0.39 is 34.7 Å². The fourth-order valence-electron chi connectivity index (χ4n) is 2.90. The average Bonchev–Trinajstić information content (AvgIpc) is 2.93. The molecule has 0 fully saturated rings. The summed E-state index contributed by atoms with van der Waals surface area (Å²) in [5.41, 5.74) is 7.68. The van der Waals surface area contributed by atoms with Gasteiger partial charge in [-0.25, -0.2) is 0 Å². The number of carboxylic acid groups (broad SMARTS) is 3. The predicted molar refractivity (Wildman–Crippen MR) is 171 cm³/mol. The third-order valence-electron chi connectivity index (χ3n) is 5.08. The monoisotopic (exact) mass is 818 g/mol. The molecule has 3 aromatic carbocycles. The summed E-state index contributed by atoms with van der Waals surface area (Å²) >= 11 is 6.16. The largest absolute Gasteiger partial charge is 1.00 e. The Balaban J connectivity index is -0.000000536. The van der Waals surface area contributed by atoms with E-state index >= 15 is 0 Å². The van der Waals surface area contributed by atoms with Crippen molar-refractivity contribution in [3.8, 4) is 17.2 Å². The standard InChI is InChI=1S/2C9H9BrO3.C9H11NO3.BrH.HNO2.Na/c10-5-8(9(12)13)6-1-3-7(11)4-2-6;2*10-8(9(12)13)5-6-1-3-7(11)4-2-6;;2-1-3;/h2*1-4,8,11H,5H2,(H,12,13);1-4,8,11H,5,10H2,(H,12,13);1H;(H,2,3);/q;;;;;+1/p-1. The van der Waals surface area contributed by atoms with Gasteiger partial charge in [-0.05, 0) is 65.9 Å². The number of hydrogen-bond acceptors (Lipinski definition) is 10. The average molecular weight is 821 g/mol. The topological polar surface area (TPSA) is 251 Å². The van der Waals surface area contributed by atoms with E-state index in [4.69, 9.17) is 46.5 Å². The summed E-state index contributed by atoms with van der Waals surface area (Å²) in [6.45, 7) is 0. The zero-order chi connectivity index (χ0) is 32.2. The molecule has 3 rings (SSSR count). The number of aromatic hydroxyl groups is 3. The van der Waals surface area contributed by atoms with Crippen molar-refractivity contribution in [3.63, 3.8) is 0 Å². The van der Waals surface area contributed by atoms with Crippen LogP contribution < -0.4 is 35.3 Å². The summed E-state index contributed by atoms with van der Waals surface area (Å²) in [5.74, 6) is -2.84. The van der Waals surface area contributed by atoms with Crippen LogP contribution in [0.2, 0.25) is 0 Å². The maximum atomic E-state index is 10.7. The van der Waals surface area contributed by atoms with Crippen LogP contribution in [0.25, 0.3) is 0 Å². The van der Waals surface area contributed by atoms with E-state index in [0.29, 0.717) is 17.3 Å². The number of rotatable bonds is 9. The third-order valence-corrected chi connectivity index (χ3v) is 6.44. The number of aliphatic carboxylic acids is 3. The smallest absolute Gasteiger partial charge is 0.508 e. The number of benzene rings is 3. The fraction of sp³-hybridized carbons (Fsp3) is 0.222. The minimum Gasteiger partial charge on any atom is -0.508 e. The molecule has 17 heteroatoms. The third kappa shape index (κ3) is 20.3. The van der Waals surface area contributed by atoms with Crippen LogP contribution in [0, 0.1) is 10.1 Å². The maximum absolute atomic E-state index is 10.7. The number of phenolic OH excluding ortho intramolecular Hbond substituents is 3. The van der Waals surface area contributed by atoms with Crippen molar-refractivity contribution in [1.29, 1.82) is 0 Å². The summed E-state index contributed by atoms with van der Waals surface area (Å²) in [7, 11) is 0. The Kier molecular flexibility index (Phi) is 26.6. The number of halogens is 3. The molecule has 3 unspecified atom stereocenters. The molecule has 0 bridgehead atoms. The minimum absolute atomic E-state index is 0. The van der Waals surface area contributed by atoms with Gasteiger partial charge in [0.2, 0.25) is 0 Å². The van der Waals surface area contributed by atoms with Crippen molar-refractivity contribution >= 4 is 66.7 Å². The fourth-order valence-corrected chi connectivity index (χ4v) is 3.93. The van der Waals surface area contributed by atoms with E-state index in [1.165, 1.54) is 36.4 Å². The van der Waals surface area contributed by atoms with Crippen LogP contribution in [0.3, 0.4) is 0 Å². The van der Waals surface area contributed by atoms with Crippen LogP contribution >= 0.6 is 48.8 Å². The molecule has 0 aliphatic carbocycles. The molecule has 236 valence electrons. The van der Waals surface area contributed by atoms with Crippen LogP contribution in [-0.4, -0.2) is 64.7 Å². The van der Waals surface area contributed by atoms with Crippen LogP contribution in [-0.2, 0) is 27.2 Å². The molecule has 44 heavy (non-hydrogen) atoms. The van der Waals surface area contributed by atoms with Gasteiger partial charge in [0.15, 0.2) is 0 Å². The van der Waals surface area contributed by atoms with Gasteiger partial charge in [-0.2, -0.15) is 0 Å². The minimum atomic E-state index is -1.02. The number of nitrogens with two attached hydrogens (primary N) is 1. The Morgan fingerprint density at radius 1 is 0.727 bits per heavy atom. The molecule has 0 aliphatic heterocycles. The second-order valence-corrected chi connectivity index (χ2v) is 9.96. The van der Waals surface area contributed by atoms with Crippen molar-refractivity contribution in [2.24, 2.45) is 11.1 Å². The summed E-state index contributed by atoms with van der Waals surface area (Å²) < 4.78 is 0. The second kappa shape index (κ2) is 25.6. The zero-order valence-corrected chi connectivity index (χ0v) is 30.1. The van der Waals surface area contributed by atoms with Gasteiger partial charge in [0.05, 0.1) is 5.92 Å². The number of phenols is 3. The molecule has 0 heterocycles. The Morgan fingerprint density at radius 2 is 1.07 bits per heavy atom. The van der Waals surface area contributed by atoms with Gasteiger partial charge in [0, 0.05) is 5.33 Å². The molecule has 0 saturated carbocycles. The molecule has 0 aliphatic rings. The Bertz CT molecular complexity index is 1190. The van der Waals surface area contributed by atoms with Crippen LogP contribution in [0.5, 0.6) is 17.2 Å². The summed E-state index contributed by atoms with van der Waals surface area (Å²) in [6, 6.07) is 18.1. The normalized spacial score (nSPS) is 11.2. The van der Waals surface area contributed by atoms with Crippen LogP contribution in [0.4, 0.5) is 0 Å². The number of alkyl halides is 2. The van der Waals surface area contributed by atoms with Gasteiger partial charge >= 0.3 is 47.5 Å². The van der Waals surface area contributed by atoms with Gasteiger partial charge in [0.1, 0.15) is 28.1 Å².